The van der Waals surface area contributed by atoms with Crippen molar-refractivity contribution in [2.75, 3.05) is 44.7 Å². The number of hydrogen-bond donors (Lipinski definition) is 1. The van der Waals surface area contributed by atoms with Crippen molar-refractivity contribution in [1.29, 1.82) is 0 Å². The topological polar surface area (TPSA) is 65.9 Å². The number of nitrogens with zero attached hydrogens (tertiary/aromatic N) is 5. The van der Waals surface area contributed by atoms with Crippen LogP contribution in [0.3, 0.4) is 0 Å². The number of piperazine rings is 1. The number of hydrogen-bond acceptors (Lipinski definition) is 6. The Morgan fingerprint density at radius 2 is 1.97 bits per heavy atom. The van der Waals surface area contributed by atoms with Gasteiger partial charge in [0, 0.05) is 51.2 Å². The van der Waals surface area contributed by atoms with Gasteiger partial charge in [-0.15, -0.1) is 24.0 Å². The molecule has 1 aromatic carbocycles. The fourth-order valence-electron chi connectivity index (χ4n) is 2.98. The first-order chi connectivity index (χ1) is 13.6. The first kappa shape index (κ1) is 23.6. The highest BCUT2D eigenvalue weighted by Gasteiger charge is 2.22. The summed E-state index contributed by atoms with van der Waals surface area (Å²) in [5.74, 6) is 2.16. The highest BCUT2D eigenvalue weighted by atomic mass is 127. The molecule has 2 heterocycles. The van der Waals surface area contributed by atoms with E-state index in [1.54, 1.807) is 19.2 Å². The maximum Gasteiger partial charge on any atom is 0.205 e. The Kier molecular flexibility index (Phi) is 9.34. The number of guanidine groups is 1. The third-order valence-corrected chi connectivity index (χ3v) is 5.35. The van der Waals surface area contributed by atoms with Crippen molar-refractivity contribution in [3.63, 3.8) is 0 Å². The monoisotopic (exact) mass is 534 g/mol. The van der Waals surface area contributed by atoms with Gasteiger partial charge < -0.3 is 19.9 Å². The fourth-order valence-corrected chi connectivity index (χ4v) is 3.78. The van der Waals surface area contributed by atoms with Gasteiger partial charge in [0.25, 0.3) is 0 Å². The summed E-state index contributed by atoms with van der Waals surface area (Å²) >= 11 is 1.47. The maximum absolute atomic E-state index is 13.0. The molecular weight excluding hydrogens is 506 g/mol. The Bertz CT molecular complexity index is 779. The minimum absolute atomic E-state index is 0. The van der Waals surface area contributed by atoms with E-state index in [2.05, 4.69) is 36.4 Å². The second-order valence-corrected chi connectivity index (χ2v) is 7.36. The number of rotatable bonds is 6. The molecule has 7 nitrogen and oxygen atoms in total. The van der Waals surface area contributed by atoms with Crippen LogP contribution in [0.2, 0.25) is 0 Å². The molecule has 1 aliphatic heterocycles. The van der Waals surface area contributed by atoms with Crippen LogP contribution in [0, 0.1) is 5.82 Å². The summed E-state index contributed by atoms with van der Waals surface area (Å²) in [6.07, 6.45) is 0.794. The second-order valence-electron chi connectivity index (χ2n) is 6.63. The predicted octanol–water partition coefficient (Wildman–Crippen LogP) is 3.02. The van der Waals surface area contributed by atoms with Gasteiger partial charge in [-0.1, -0.05) is 6.92 Å². The van der Waals surface area contributed by atoms with Crippen LogP contribution in [-0.4, -0.2) is 66.1 Å². The molecule has 0 radical (unpaired) electrons. The lowest BCUT2D eigenvalue weighted by atomic mass is 10.3. The summed E-state index contributed by atoms with van der Waals surface area (Å²) in [5.41, 5.74) is 0. The van der Waals surface area contributed by atoms with Crippen LogP contribution in [0.25, 0.3) is 0 Å². The van der Waals surface area contributed by atoms with E-state index in [0.717, 1.165) is 49.5 Å². The fraction of sp³-hybridized carbons (Fsp3) is 0.526. The van der Waals surface area contributed by atoms with Crippen LogP contribution in [0.15, 0.2) is 29.3 Å². The van der Waals surface area contributed by atoms with Crippen LogP contribution < -0.4 is 15.0 Å². The largest absolute Gasteiger partial charge is 0.489 e. The number of aliphatic imine (C=N–C) groups is 1. The smallest absolute Gasteiger partial charge is 0.205 e. The van der Waals surface area contributed by atoms with Crippen LogP contribution in [0.1, 0.15) is 19.7 Å². The van der Waals surface area contributed by atoms with Gasteiger partial charge in [0.05, 0.1) is 6.54 Å². The number of anilines is 1. The molecule has 10 heteroatoms. The number of aryl methyl sites for hydroxylation is 1. The predicted molar refractivity (Wildman–Crippen MR) is 126 cm³/mol. The minimum atomic E-state index is -0.267. The van der Waals surface area contributed by atoms with Gasteiger partial charge in [-0.25, -0.2) is 9.37 Å². The number of aromatic nitrogens is 2. The Balaban J connectivity index is 0.00000300. The molecule has 3 rings (SSSR count). The summed E-state index contributed by atoms with van der Waals surface area (Å²) in [6.45, 7) is 8.17. The Morgan fingerprint density at radius 1 is 1.28 bits per heavy atom. The third kappa shape index (κ3) is 6.66. The van der Waals surface area contributed by atoms with Gasteiger partial charge in [-0.05, 0) is 31.2 Å². The molecule has 1 atom stereocenters. The molecule has 1 aliphatic rings. The lowest BCUT2D eigenvalue weighted by Crippen LogP contribution is -2.53. The van der Waals surface area contributed by atoms with Gasteiger partial charge >= 0.3 is 0 Å². The zero-order valence-corrected chi connectivity index (χ0v) is 20.1. The third-order valence-electron chi connectivity index (χ3n) is 4.53. The van der Waals surface area contributed by atoms with E-state index in [1.165, 1.54) is 23.7 Å². The van der Waals surface area contributed by atoms with Crippen LogP contribution in [-0.2, 0) is 6.42 Å². The number of nitrogens with one attached hydrogen (secondary N) is 1. The van der Waals surface area contributed by atoms with Gasteiger partial charge in [0.1, 0.15) is 23.5 Å². The van der Waals surface area contributed by atoms with Crippen molar-refractivity contribution >= 4 is 46.6 Å². The Hall–Kier alpha value is -1.69. The molecule has 0 spiro atoms. The molecule has 0 saturated carbocycles. The Morgan fingerprint density at radius 3 is 2.55 bits per heavy atom. The average Bonchev–Trinajstić information content (AvgIpc) is 3.20. The van der Waals surface area contributed by atoms with E-state index in [4.69, 9.17) is 4.74 Å². The summed E-state index contributed by atoms with van der Waals surface area (Å²) in [7, 11) is 1.79. The molecule has 0 bridgehead atoms. The van der Waals surface area contributed by atoms with Crippen LogP contribution in [0.5, 0.6) is 5.75 Å². The Labute approximate surface area is 192 Å². The molecule has 1 fully saturated rings. The van der Waals surface area contributed by atoms with Crippen molar-refractivity contribution < 1.29 is 9.13 Å². The number of halogens is 2. The standard InChI is InChI=1S/C19H27FN6OS.HI/c1-4-17-23-19(28-24-17)26-11-9-25(10-12-26)18(21-3)22-13-14(2)27-16-7-5-15(20)6-8-16;/h5-8,14H,4,9-13H2,1-3H3,(H,21,22);1H. The average molecular weight is 534 g/mol. The molecule has 1 N–H and O–H groups in total. The first-order valence-corrected chi connectivity index (χ1v) is 10.3. The number of benzene rings is 1. The van der Waals surface area contributed by atoms with E-state index in [0.29, 0.717) is 12.3 Å². The van der Waals surface area contributed by atoms with Crippen molar-refractivity contribution in [3.8, 4) is 5.75 Å². The highest BCUT2D eigenvalue weighted by Crippen LogP contribution is 2.19. The van der Waals surface area contributed by atoms with E-state index in [1.807, 2.05) is 6.92 Å². The van der Waals surface area contributed by atoms with Gasteiger partial charge in [0.15, 0.2) is 5.96 Å². The molecule has 29 heavy (non-hydrogen) atoms. The molecule has 0 aliphatic carbocycles. The van der Waals surface area contributed by atoms with Gasteiger partial charge in [-0.3, -0.25) is 4.99 Å². The quantitative estimate of drug-likeness (QED) is 0.349. The summed E-state index contributed by atoms with van der Waals surface area (Å²) < 4.78 is 23.2. The van der Waals surface area contributed by atoms with E-state index >= 15 is 0 Å². The second kappa shape index (κ2) is 11.5. The molecule has 1 saturated heterocycles. The van der Waals surface area contributed by atoms with Crippen molar-refractivity contribution in [3.05, 3.63) is 35.9 Å². The SMILES string of the molecule is CCc1nsc(N2CCN(C(=NC)NCC(C)Oc3ccc(F)cc3)CC2)n1.I. The number of ether oxygens (including phenoxy) is 1. The summed E-state index contributed by atoms with van der Waals surface area (Å²) in [6, 6.07) is 6.07. The van der Waals surface area contributed by atoms with E-state index in [9.17, 15) is 4.39 Å². The van der Waals surface area contributed by atoms with E-state index < -0.39 is 0 Å². The molecule has 2 aromatic rings. The van der Waals surface area contributed by atoms with Crippen LogP contribution in [0.4, 0.5) is 9.52 Å². The van der Waals surface area contributed by atoms with Crippen LogP contribution >= 0.6 is 35.5 Å². The zero-order valence-electron chi connectivity index (χ0n) is 17.0. The maximum atomic E-state index is 13.0. The molecule has 1 unspecified atom stereocenters. The molecular formula is C19H28FIN6OS. The molecule has 0 amide bonds. The zero-order chi connectivity index (χ0) is 19.9. The van der Waals surface area contributed by atoms with Crippen molar-refractivity contribution in [2.24, 2.45) is 4.99 Å². The molecule has 160 valence electrons. The van der Waals surface area contributed by atoms with Crippen molar-refractivity contribution in [1.82, 2.24) is 19.6 Å². The lowest BCUT2D eigenvalue weighted by Gasteiger charge is -2.36. The van der Waals surface area contributed by atoms with Gasteiger partial charge in [0.2, 0.25) is 5.13 Å². The normalized spacial score (nSPS) is 15.7. The summed E-state index contributed by atoms with van der Waals surface area (Å²) in [5, 5.41) is 4.37. The lowest BCUT2D eigenvalue weighted by molar-refractivity contribution is 0.221. The highest BCUT2D eigenvalue weighted by molar-refractivity contribution is 14.0. The summed E-state index contributed by atoms with van der Waals surface area (Å²) in [4.78, 5) is 13.5. The first-order valence-electron chi connectivity index (χ1n) is 9.54. The van der Waals surface area contributed by atoms with Crippen molar-refractivity contribution in [2.45, 2.75) is 26.4 Å². The van der Waals surface area contributed by atoms with Gasteiger partial charge in [-0.2, -0.15) is 4.37 Å². The van der Waals surface area contributed by atoms with E-state index in [-0.39, 0.29) is 35.9 Å². The minimum Gasteiger partial charge on any atom is -0.489 e. The molecule has 1 aromatic heterocycles.